The Morgan fingerprint density at radius 2 is 2.07 bits per heavy atom. The first-order chi connectivity index (χ1) is 6.59. The van der Waals surface area contributed by atoms with Gasteiger partial charge in [-0.1, -0.05) is 11.6 Å². The maximum Gasteiger partial charge on any atom is 0.274 e. The van der Waals surface area contributed by atoms with E-state index in [1.54, 1.807) is 18.2 Å². The van der Waals surface area contributed by atoms with E-state index < -0.39 is 6.43 Å². The third-order valence-corrected chi connectivity index (χ3v) is 3.81. The molecule has 0 fully saturated rings. The van der Waals surface area contributed by atoms with Gasteiger partial charge in [0.05, 0.1) is 9.90 Å². The summed E-state index contributed by atoms with van der Waals surface area (Å²) in [6.07, 6.45) is -2.51. The summed E-state index contributed by atoms with van der Waals surface area (Å²) in [5, 5.41) is 0.801. The van der Waals surface area contributed by atoms with Crippen LogP contribution in [-0.2, 0) is 0 Å². The van der Waals surface area contributed by atoms with Crippen LogP contribution < -0.4 is 0 Å². The van der Waals surface area contributed by atoms with Crippen LogP contribution >= 0.6 is 35.6 Å². The van der Waals surface area contributed by atoms with Gasteiger partial charge in [-0.25, -0.2) is 8.78 Å². The summed E-state index contributed by atoms with van der Waals surface area (Å²) in [6.45, 7) is 0. The maximum atomic E-state index is 12.5. The molecule has 0 atom stereocenters. The fourth-order valence-corrected chi connectivity index (χ4v) is 2.76. The van der Waals surface area contributed by atoms with Gasteiger partial charge in [0.25, 0.3) is 6.43 Å². The highest BCUT2D eigenvalue weighted by molar-refractivity contribution is 7.80. The molecule has 1 aromatic carbocycles. The number of rotatable bonds is 1. The molecule has 0 radical (unpaired) electrons. The van der Waals surface area contributed by atoms with E-state index >= 15 is 0 Å². The van der Waals surface area contributed by atoms with Crippen molar-refractivity contribution < 1.29 is 8.78 Å². The van der Waals surface area contributed by atoms with Crippen LogP contribution in [0.3, 0.4) is 0 Å². The Bertz CT molecular complexity index is 479. The molecule has 0 nitrogen and oxygen atoms in total. The summed E-state index contributed by atoms with van der Waals surface area (Å²) in [5.74, 6) is 0. The highest BCUT2D eigenvalue weighted by atomic mass is 35.5. The van der Waals surface area contributed by atoms with Crippen LogP contribution in [0.15, 0.2) is 23.1 Å². The molecule has 0 aliphatic carbocycles. The van der Waals surface area contributed by atoms with Crippen molar-refractivity contribution in [2.45, 2.75) is 11.3 Å². The smallest absolute Gasteiger partial charge is 0.204 e. The van der Waals surface area contributed by atoms with Gasteiger partial charge in [-0.05, 0) is 18.2 Å². The molecule has 1 aromatic heterocycles. The van der Waals surface area contributed by atoms with E-state index in [2.05, 4.69) is 12.6 Å². The second-order valence-corrected chi connectivity index (χ2v) is 4.74. The zero-order valence-electron chi connectivity index (χ0n) is 6.80. The Balaban J connectivity index is 2.74. The molecular formula is C9H5ClF2S2. The Morgan fingerprint density at radius 1 is 1.36 bits per heavy atom. The summed E-state index contributed by atoms with van der Waals surface area (Å²) in [4.78, 5) is 0.651. The lowest BCUT2D eigenvalue weighted by molar-refractivity contribution is 0.156. The SMILES string of the molecule is FC(F)c1sc2ccc(S)cc2c1Cl. The van der Waals surface area contributed by atoms with E-state index in [4.69, 9.17) is 11.6 Å². The van der Waals surface area contributed by atoms with Crippen molar-refractivity contribution in [1.29, 1.82) is 0 Å². The minimum atomic E-state index is -2.51. The first kappa shape index (κ1) is 10.2. The molecule has 1 heterocycles. The highest BCUT2D eigenvalue weighted by Crippen LogP contribution is 2.41. The normalized spacial score (nSPS) is 11.5. The minimum absolute atomic E-state index is 0.0689. The summed E-state index contributed by atoms with van der Waals surface area (Å²) < 4.78 is 25.7. The number of hydrogen-bond acceptors (Lipinski definition) is 2. The van der Waals surface area contributed by atoms with Crippen molar-refractivity contribution in [2.24, 2.45) is 0 Å². The van der Waals surface area contributed by atoms with Crippen molar-refractivity contribution >= 4 is 45.7 Å². The quantitative estimate of drug-likeness (QED) is 0.692. The minimum Gasteiger partial charge on any atom is -0.204 e. The molecule has 0 saturated carbocycles. The van der Waals surface area contributed by atoms with Gasteiger partial charge >= 0.3 is 0 Å². The van der Waals surface area contributed by atoms with E-state index in [0.29, 0.717) is 5.39 Å². The van der Waals surface area contributed by atoms with Crippen LogP contribution in [0.25, 0.3) is 10.1 Å². The van der Waals surface area contributed by atoms with Crippen molar-refractivity contribution in [3.8, 4) is 0 Å². The summed E-state index contributed by atoms with van der Waals surface area (Å²) >= 11 is 11.0. The van der Waals surface area contributed by atoms with Gasteiger partial charge in [0.15, 0.2) is 0 Å². The zero-order chi connectivity index (χ0) is 10.3. The lowest BCUT2D eigenvalue weighted by Gasteiger charge is -1.94. The highest BCUT2D eigenvalue weighted by Gasteiger charge is 2.17. The van der Waals surface area contributed by atoms with Gasteiger partial charge < -0.3 is 0 Å². The lowest BCUT2D eigenvalue weighted by atomic mass is 10.2. The summed E-state index contributed by atoms with van der Waals surface area (Å²) in [5.41, 5.74) is 0. The number of thiophene rings is 1. The van der Waals surface area contributed by atoms with Gasteiger partial charge in [-0.2, -0.15) is 0 Å². The van der Waals surface area contributed by atoms with Crippen LogP contribution in [0.4, 0.5) is 8.78 Å². The first-order valence-electron chi connectivity index (χ1n) is 3.78. The first-order valence-corrected chi connectivity index (χ1v) is 5.43. The molecule has 0 bridgehead atoms. The van der Waals surface area contributed by atoms with E-state index in [1.165, 1.54) is 0 Å². The molecule has 0 aliphatic rings. The van der Waals surface area contributed by atoms with Crippen molar-refractivity contribution in [2.75, 3.05) is 0 Å². The molecule has 0 unspecified atom stereocenters. The second kappa shape index (κ2) is 3.68. The topological polar surface area (TPSA) is 0 Å². The monoisotopic (exact) mass is 250 g/mol. The van der Waals surface area contributed by atoms with Crippen LogP contribution in [0, 0.1) is 0 Å². The number of hydrogen-bond donors (Lipinski definition) is 1. The molecule has 0 N–H and O–H groups in total. The second-order valence-electron chi connectivity index (χ2n) is 2.76. The van der Waals surface area contributed by atoms with Crippen LogP contribution in [0.2, 0.25) is 5.02 Å². The summed E-state index contributed by atoms with van der Waals surface area (Å²) in [6, 6.07) is 5.21. The van der Waals surface area contributed by atoms with Crippen LogP contribution in [-0.4, -0.2) is 0 Å². The van der Waals surface area contributed by atoms with E-state index in [-0.39, 0.29) is 9.90 Å². The number of benzene rings is 1. The van der Waals surface area contributed by atoms with Crippen molar-refractivity contribution in [1.82, 2.24) is 0 Å². The Hall–Kier alpha value is -0.320. The largest absolute Gasteiger partial charge is 0.274 e. The number of fused-ring (bicyclic) bond motifs is 1. The Labute approximate surface area is 93.9 Å². The molecule has 0 aliphatic heterocycles. The standard InChI is InChI=1S/C9H5ClF2S2/c10-7-5-3-4(13)1-2-6(5)14-8(7)9(11)12/h1-3,9,13H. The molecule has 0 saturated heterocycles. The van der Waals surface area contributed by atoms with Crippen LogP contribution in [0.5, 0.6) is 0 Å². The molecule has 2 aromatic rings. The third kappa shape index (κ3) is 1.62. The Kier molecular flexibility index (Phi) is 2.68. The molecule has 74 valence electrons. The molecule has 14 heavy (non-hydrogen) atoms. The third-order valence-electron chi connectivity index (χ3n) is 1.83. The average molecular weight is 251 g/mol. The lowest BCUT2D eigenvalue weighted by Crippen LogP contribution is -1.76. The van der Waals surface area contributed by atoms with Gasteiger partial charge in [0.1, 0.15) is 0 Å². The fourth-order valence-electron chi connectivity index (χ4n) is 1.21. The number of alkyl halides is 2. The van der Waals surface area contributed by atoms with Crippen molar-refractivity contribution in [3.05, 3.63) is 28.1 Å². The van der Waals surface area contributed by atoms with E-state index in [9.17, 15) is 8.78 Å². The summed E-state index contributed by atoms with van der Waals surface area (Å²) in [7, 11) is 0. The molecular weight excluding hydrogens is 246 g/mol. The van der Waals surface area contributed by atoms with Crippen molar-refractivity contribution in [3.63, 3.8) is 0 Å². The van der Waals surface area contributed by atoms with Crippen LogP contribution in [0.1, 0.15) is 11.3 Å². The Morgan fingerprint density at radius 3 is 2.71 bits per heavy atom. The van der Waals surface area contributed by atoms with E-state index in [0.717, 1.165) is 20.9 Å². The average Bonchev–Trinajstić information content (AvgIpc) is 2.44. The van der Waals surface area contributed by atoms with Gasteiger partial charge in [0.2, 0.25) is 0 Å². The van der Waals surface area contributed by atoms with Gasteiger partial charge in [0, 0.05) is 15.0 Å². The predicted molar refractivity (Wildman–Crippen MR) is 59.0 cm³/mol. The number of thiol groups is 1. The predicted octanol–water partition coefficient (Wildman–Crippen LogP) is 4.78. The number of halogens is 3. The maximum absolute atomic E-state index is 12.5. The van der Waals surface area contributed by atoms with Gasteiger partial charge in [-0.15, -0.1) is 24.0 Å². The molecule has 5 heteroatoms. The van der Waals surface area contributed by atoms with E-state index in [1.807, 2.05) is 0 Å². The molecule has 0 amide bonds. The van der Waals surface area contributed by atoms with Gasteiger partial charge in [-0.3, -0.25) is 0 Å². The molecule has 2 rings (SSSR count). The molecule has 0 spiro atoms. The zero-order valence-corrected chi connectivity index (χ0v) is 9.27. The fraction of sp³-hybridized carbons (Fsp3) is 0.111.